The molecule has 0 aliphatic carbocycles. The molecular weight excluding hydrogens is 214 g/mol. The third-order valence-electron chi connectivity index (χ3n) is 3.18. The predicted octanol–water partition coefficient (Wildman–Crippen LogP) is 1.74. The minimum absolute atomic E-state index is 0.313. The average molecular weight is 229 g/mol. The number of ether oxygens (including phenoxy) is 1. The van der Waals surface area contributed by atoms with Crippen molar-refractivity contribution in [1.29, 1.82) is 0 Å². The van der Waals surface area contributed by atoms with E-state index in [2.05, 4.69) is 28.6 Å². The molecule has 1 unspecified atom stereocenters. The lowest BCUT2D eigenvalue weighted by molar-refractivity contribution is 0.318. The molecule has 2 heterocycles. The molecule has 17 heavy (non-hydrogen) atoms. The highest BCUT2D eigenvalue weighted by molar-refractivity contribution is 5.65. The number of aryl methyl sites for hydroxylation is 1. The van der Waals surface area contributed by atoms with E-state index in [1.807, 2.05) is 26.5 Å². The van der Waals surface area contributed by atoms with Crippen molar-refractivity contribution in [3.8, 4) is 16.9 Å². The second-order valence-corrected chi connectivity index (χ2v) is 4.31. The third-order valence-corrected chi connectivity index (χ3v) is 3.18. The zero-order valence-electron chi connectivity index (χ0n) is 9.97. The number of fused-ring (bicyclic) bond motifs is 1. The minimum atomic E-state index is 0.313. The highest BCUT2D eigenvalue weighted by Crippen LogP contribution is 2.35. The molecule has 0 saturated heterocycles. The second-order valence-electron chi connectivity index (χ2n) is 4.31. The average Bonchev–Trinajstić information content (AvgIpc) is 2.94. The normalized spacial score (nSPS) is 17.9. The van der Waals surface area contributed by atoms with Gasteiger partial charge in [0.25, 0.3) is 0 Å². The monoisotopic (exact) mass is 229 g/mol. The van der Waals surface area contributed by atoms with Gasteiger partial charge in [-0.15, -0.1) is 0 Å². The summed E-state index contributed by atoms with van der Waals surface area (Å²) in [6.45, 7) is 0.711. The van der Waals surface area contributed by atoms with Crippen LogP contribution in [0.4, 0.5) is 0 Å². The molecule has 1 aliphatic rings. The van der Waals surface area contributed by atoms with Crippen LogP contribution in [0, 0.1) is 0 Å². The van der Waals surface area contributed by atoms with E-state index >= 15 is 0 Å². The van der Waals surface area contributed by atoms with E-state index in [1.165, 1.54) is 5.56 Å². The number of rotatable bonds is 2. The Hall–Kier alpha value is -1.81. The largest absolute Gasteiger partial charge is 0.491 e. The van der Waals surface area contributed by atoms with Crippen LogP contribution in [-0.4, -0.2) is 23.4 Å². The maximum Gasteiger partial charge on any atom is 0.124 e. The van der Waals surface area contributed by atoms with Crippen molar-refractivity contribution >= 4 is 0 Å². The maximum absolute atomic E-state index is 5.68. The van der Waals surface area contributed by atoms with E-state index in [4.69, 9.17) is 4.74 Å². The second kappa shape index (κ2) is 3.89. The molecule has 1 aromatic carbocycles. The van der Waals surface area contributed by atoms with Crippen LogP contribution in [0.2, 0.25) is 0 Å². The lowest BCUT2D eigenvalue weighted by Crippen LogP contribution is -2.16. The van der Waals surface area contributed by atoms with E-state index < -0.39 is 0 Å². The van der Waals surface area contributed by atoms with E-state index in [0.717, 1.165) is 16.9 Å². The summed E-state index contributed by atoms with van der Waals surface area (Å²) in [5.74, 6) is 0.978. The Kier molecular flexibility index (Phi) is 2.37. The van der Waals surface area contributed by atoms with Crippen molar-refractivity contribution in [1.82, 2.24) is 15.1 Å². The van der Waals surface area contributed by atoms with Gasteiger partial charge in [0.1, 0.15) is 12.4 Å². The topological polar surface area (TPSA) is 39.1 Å². The van der Waals surface area contributed by atoms with Crippen LogP contribution in [-0.2, 0) is 7.05 Å². The van der Waals surface area contributed by atoms with Gasteiger partial charge in [-0.2, -0.15) is 5.10 Å². The summed E-state index contributed by atoms with van der Waals surface area (Å²) in [5.41, 5.74) is 3.50. The van der Waals surface area contributed by atoms with Crippen LogP contribution in [0.5, 0.6) is 5.75 Å². The molecule has 0 radical (unpaired) electrons. The van der Waals surface area contributed by atoms with Crippen molar-refractivity contribution < 1.29 is 4.74 Å². The number of likely N-dealkylation sites (N-methyl/N-ethyl adjacent to an activating group) is 1. The summed E-state index contributed by atoms with van der Waals surface area (Å²) in [6.07, 6.45) is 3.87. The lowest BCUT2D eigenvalue weighted by Gasteiger charge is -2.06. The number of hydrogen-bond acceptors (Lipinski definition) is 3. The summed E-state index contributed by atoms with van der Waals surface area (Å²) in [4.78, 5) is 0. The van der Waals surface area contributed by atoms with E-state index in [1.54, 1.807) is 4.68 Å². The Labute approximate surface area is 100 Å². The molecule has 2 aromatic rings. The fraction of sp³-hybridized carbons (Fsp3) is 0.308. The number of hydrogen-bond donors (Lipinski definition) is 1. The molecule has 1 N–H and O–H groups in total. The van der Waals surface area contributed by atoms with Gasteiger partial charge in [0.15, 0.2) is 0 Å². The molecule has 1 atom stereocenters. The molecule has 0 amide bonds. The van der Waals surface area contributed by atoms with Crippen LogP contribution in [0.3, 0.4) is 0 Å². The Balaban J connectivity index is 2.00. The number of nitrogens with zero attached hydrogens (tertiary/aromatic N) is 2. The summed E-state index contributed by atoms with van der Waals surface area (Å²) in [5, 5.41) is 7.42. The molecule has 1 aliphatic heterocycles. The maximum atomic E-state index is 5.68. The standard InChI is InChI=1S/C13H15N3O/c1-14-12-8-17-13-5-9(3-4-11(12)13)10-6-15-16(2)7-10/h3-7,12,14H,8H2,1-2H3. The van der Waals surface area contributed by atoms with Gasteiger partial charge in [-0.25, -0.2) is 0 Å². The Morgan fingerprint density at radius 2 is 2.29 bits per heavy atom. The van der Waals surface area contributed by atoms with Crippen LogP contribution in [0.1, 0.15) is 11.6 Å². The van der Waals surface area contributed by atoms with Gasteiger partial charge >= 0.3 is 0 Å². The van der Waals surface area contributed by atoms with E-state index in [0.29, 0.717) is 12.6 Å². The van der Waals surface area contributed by atoms with Gasteiger partial charge in [0, 0.05) is 24.4 Å². The van der Waals surface area contributed by atoms with Crippen LogP contribution >= 0.6 is 0 Å². The summed E-state index contributed by atoms with van der Waals surface area (Å²) >= 11 is 0. The first-order chi connectivity index (χ1) is 8.28. The molecule has 0 fully saturated rings. The van der Waals surface area contributed by atoms with Gasteiger partial charge in [-0.3, -0.25) is 4.68 Å². The van der Waals surface area contributed by atoms with E-state index in [-0.39, 0.29) is 0 Å². The van der Waals surface area contributed by atoms with Crippen molar-refractivity contribution in [2.75, 3.05) is 13.7 Å². The van der Waals surface area contributed by atoms with E-state index in [9.17, 15) is 0 Å². The van der Waals surface area contributed by atoms with Gasteiger partial charge in [0.05, 0.1) is 12.2 Å². The van der Waals surface area contributed by atoms with Gasteiger partial charge in [-0.05, 0) is 18.7 Å². The Bertz CT molecular complexity index is 547. The molecule has 0 saturated carbocycles. The Morgan fingerprint density at radius 1 is 1.41 bits per heavy atom. The highest BCUT2D eigenvalue weighted by Gasteiger charge is 2.22. The molecular formula is C13H15N3O. The summed E-state index contributed by atoms with van der Waals surface area (Å²) in [7, 11) is 3.88. The Morgan fingerprint density at radius 3 is 3.00 bits per heavy atom. The zero-order chi connectivity index (χ0) is 11.8. The van der Waals surface area contributed by atoms with Crippen molar-refractivity contribution in [2.24, 2.45) is 7.05 Å². The molecule has 4 heteroatoms. The van der Waals surface area contributed by atoms with Crippen LogP contribution in [0.25, 0.3) is 11.1 Å². The predicted molar refractivity (Wildman–Crippen MR) is 65.9 cm³/mol. The fourth-order valence-electron chi connectivity index (χ4n) is 2.20. The number of nitrogens with one attached hydrogen (secondary N) is 1. The highest BCUT2D eigenvalue weighted by atomic mass is 16.5. The SMILES string of the molecule is CNC1COc2cc(-c3cnn(C)c3)ccc21. The first-order valence-corrected chi connectivity index (χ1v) is 5.71. The third kappa shape index (κ3) is 1.70. The van der Waals surface area contributed by atoms with Crippen LogP contribution < -0.4 is 10.1 Å². The lowest BCUT2D eigenvalue weighted by atomic mass is 10.0. The van der Waals surface area contributed by atoms with Crippen molar-refractivity contribution in [2.45, 2.75) is 6.04 Å². The molecule has 3 rings (SSSR count). The summed E-state index contributed by atoms with van der Waals surface area (Å²) < 4.78 is 7.49. The van der Waals surface area contributed by atoms with Crippen LogP contribution in [0.15, 0.2) is 30.6 Å². The van der Waals surface area contributed by atoms with Crippen molar-refractivity contribution in [3.05, 3.63) is 36.2 Å². The molecule has 1 aromatic heterocycles. The fourth-order valence-corrected chi connectivity index (χ4v) is 2.20. The minimum Gasteiger partial charge on any atom is -0.491 e. The van der Waals surface area contributed by atoms with Crippen molar-refractivity contribution in [3.63, 3.8) is 0 Å². The molecule has 0 bridgehead atoms. The molecule has 0 spiro atoms. The quantitative estimate of drug-likeness (QED) is 0.852. The van der Waals surface area contributed by atoms with Gasteiger partial charge in [-0.1, -0.05) is 12.1 Å². The number of aromatic nitrogens is 2. The first kappa shape index (κ1) is 10.4. The molecule has 4 nitrogen and oxygen atoms in total. The first-order valence-electron chi connectivity index (χ1n) is 5.71. The van der Waals surface area contributed by atoms with Gasteiger partial charge < -0.3 is 10.1 Å². The zero-order valence-corrected chi connectivity index (χ0v) is 9.97. The smallest absolute Gasteiger partial charge is 0.124 e. The van der Waals surface area contributed by atoms with Gasteiger partial charge in [0.2, 0.25) is 0 Å². The number of benzene rings is 1. The summed E-state index contributed by atoms with van der Waals surface area (Å²) in [6, 6.07) is 6.65. The molecule has 88 valence electrons.